The van der Waals surface area contributed by atoms with E-state index in [-0.39, 0.29) is 5.92 Å². The molecule has 2 fully saturated rings. The first-order valence-electron chi connectivity index (χ1n) is 8.82. The molecule has 0 saturated heterocycles. The maximum Gasteiger partial charge on any atom is 0.136 e. The Hall–Kier alpha value is -0.660. The van der Waals surface area contributed by atoms with Crippen molar-refractivity contribution in [1.82, 2.24) is 0 Å². The first-order chi connectivity index (χ1) is 9.77. The fourth-order valence-electron chi connectivity index (χ4n) is 4.02. The van der Waals surface area contributed by atoms with Crippen LogP contribution in [0.3, 0.4) is 0 Å². The second-order valence-electron chi connectivity index (χ2n) is 6.82. The summed E-state index contributed by atoms with van der Waals surface area (Å²) in [5.74, 6) is 1.70. The van der Waals surface area contributed by atoms with Crippen LogP contribution in [-0.2, 0) is 9.59 Å². The van der Waals surface area contributed by atoms with Gasteiger partial charge in [0.25, 0.3) is 0 Å². The van der Waals surface area contributed by atoms with Crippen molar-refractivity contribution in [1.29, 1.82) is 0 Å². The van der Waals surface area contributed by atoms with Crippen LogP contribution >= 0.6 is 0 Å². The molecule has 2 nitrogen and oxygen atoms in total. The molecule has 2 rings (SSSR count). The van der Waals surface area contributed by atoms with Gasteiger partial charge in [0, 0.05) is 25.2 Å². The fraction of sp³-hybridized carbons (Fsp3) is 0.889. The van der Waals surface area contributed by atoms with Gasteiger partial charge in [-0.3, -0.25) is 9.59 Å². The predicted octanol–water partition coefficient (Wildman–Crippen LogP) is 4.85. The van der Waals surface area contributed by atoms with Gasteiger partial charge >= 0.3 is 0 Å². The number of ketones is 2. The highest BCUT2D eigenvalue weighted by Gasteiger charge is 2.28. The molecule has 0 heterocycles. The molecule has 0 amide bonds. The van der Waals surface area contributed by atoms with Gasteiger partial charge in [-0.05, 0) is 38.0 Å². The SMILES string of the molecule is O=C1CCCC(=O)C(C2CCCCCCCC2)CCC1. The lowest BCUT2D eigenvalue weighted by atomic mass is 9.78. The normalized spacial score (nSPS) is 28.7. The van der Waals surface area contributed by atoms with Crippen molar-refractivity contribution in [3.63, 3.8) is 0 Å². The first kappa shape index (κ1) is 15.7. The minimum Gasteiger partial charge on any atom is -0.300 e. The molecular weight excluding hydrogens is 248 g/mol. The van der Waals surface area contributed by atoms with Gasteiger partial charge in [0.1, 0.15) is 11.6 Å². The van der Waals surface area contributed by atoms with Crippen molar-refractivity contribution in [2.75, 3.05) is 0 Å². The third-order valence-corrected chi connectivity index (χ3v) is 5.23. The van der Waals surface area contributed by atoms with E-state index in [1.165, 1.54) is 51.4 Å². The quantitative estimate of drug-likeness (QED) is 0.687. The summed E-state index contributed by atoms with van der Waals surface area (Å²) in [5, 5.41) is 0. The van der Waals surface area contributed by atoms with Gasteiger partial charge < -0.3 is 0 Å². The van der Waals surface area contributed by atoms with Crippen LogP contribution < -0.4 is 0 Å². The molecule has 20 heavy (non-hydrogen) atoms. The topological polar surface area (TPSA) is 34.1 Å². The molecule has 2 aliphatic rings. The number of hydrogen-bond donors (Lipinski definition) is 0. The monoisotopic (exact) mass is 278 g/mol. The maximum atomic E-state index is 12.5. The van der Waals surface area contributed by atoms with E-state index in [2.05, 4.69) is 0 Å². The van der Waals surface area contributed by atoms with Crippen molar-refractivity contribution in [2.24, 2.45) is 11.8 Å². The van der Waals surface area contributed by atoms with E-state index in [9.17, 15) is 9.59 Å². The second kappa shape index (κ2) is 8.59. The third-order valence-electron chi connectivity index (χ3n) is 5.23. The fourth-order valence-corrected chi connectivity index (χ4v) is 4.02. The average Bonchev–Trinajstić information content (AvgIpc) is 2.60. The Morgan fingerprint density at radius 2 is 1.20 bits per heavy atom. The Kier molecular flexibility index (Phi) is 6.75. The molecule has 2 saturated carbocycles. The molecule has 1 unspecified atom stereocenters. The van der Waals surface area contributed by atoms with Crippen LogP contribution in [0, 0.1) is 11.8 Å². The van der Waals surface area contributed by atoms with Crippen molar-refractivity contribution in [2.45, 2.75) is 89.9 Å². The zero-order valence-corrected chi connectivity index (χ0v) is 12.9. The summed E-state index contributed by atoms with van der Waals surface area (Å²) >= 11 is 0. The first-order valence-corrected chi connectivity index (χ1v) is 8.82. The van der Waals surface area contributed by atoms with Crippen LogP contribution in [0.5, 0.6) is 0 Å². The van der Waals surface area contributed by atoms with E-state index in [4.69, 9.17) is 0 Å². The van der Waals surface area contributed by atoms with Crippen LogP contribution in [0.1, 0.15) is 89.9 Å². The molecule has 0 aromatic carbocycles. The van der Waals surface area contributed by atoms with E-state index in [0.717, 1.165) is 19.3 Å². The molecule has 0 aromatic rings. The number of carbonyl (C=O) groups excluding carboxylic acids is 2. The van der Waals surface area contributed by atoms with Gasteiger partial charge in [0.05, 0.1) is 0 Å². The van der Waals surface area contributed by atoms with E-state index >= 15 is 0 Å². The Morgan fingerprint density at radius 3 is 1.90 bits per heavy atom. The lowest BCUT2D eigenvalue weighted by molar-refractivity contribution is -0.125. The zero-order chi connectivity index (χ0) is 14.2. The van der Waals surface area contributed by atoms with Crippen LogP contribution in [0.4, 0.5) is 0 Å². The third kappa shape index (κ3) is 5.03. The minimum absolute atomic E-state index is 0.263. The Labute approximate surface area is 123 Å². The average molecular weight is 278 g/mol. The summed E-state index contributed by atoms with van der Waals surface area (Å²) in [5.41, 5.74) is 0. The second-order valence-corrected chi connectivity index (χ2v) is 6.82. The molecule has 2 aliphatic carbocycles. The van der Waals surface area contributed by atoms with Gasteiger partial charge in [-0.15, -0.1) is 0 Å². The summed E-state index contributed by atoms with van der Waals surface area (Å²) in [6.45, 7) is 0. The molecule has 114 valence electrons. The molecule has 2 heteroatoms. The summed E-state index contributed by atoms with van der Waals surface area (Å²) < 4.78 is 0. The molecule has 0 bridgehead atoms. The Morgan fingerprint density at radius 1 is 0.600 bits per heavy atom. The summed E-state index contributed by atoms with van der Waals surface area (Å²) in [6, 6.07) is 0. The van der Waals surface area contributed by atoms with Gasteiger partial charge in [-0.1, -0.05) is 38.5 Å². The Bertz CT molecular complexity index is 311. The maximum absolute atomic E-state index is 12.5. The van der Waals surface area contributed by atoms with Crippen molar-refractivity contribution in [3.05, 3.63) is 0 Å². The largest absolute Gasteiger partial charge is 0.300 e. The predicted molar refractivity (Wildman–Crippen MR) is 81.6 cm³/mol. The van der Waals surface area contributed by atoms with Crippen molar-refractivity contribution < 1.29 is 9.59 Å². The lowest BCUT2D eigenvalue weighted by Gasteiger charge is -2.25. The van der Waals surface area contributed by atoms with Crippen molar-refractivity contribution in [3.8, 4) is 0 Å². The minimum atomic E-state index is 0.263. The standard InChI is InChI=1S/C18H30O2/c19-16-11-7-13-17(18(20)14-8-12-16)15-9-5-3-1-2-4-6-10-15/h15,17H,1-14H2. The number of carbonyl (C=O) groups is 2. The lowest BCUT2D eigenvalue weighted by Crippen LogP contribution is -2.24. The highest BCUT2D eigenvalue weighted by Crippen LogP contribution is 2.33. The molecular formula is C18H30O2. The molecule has 1 atom stereocenters. The molecule has 0 spiro atoms. The van der Waals surface area contributed by atoms with Gasteiger partial charge in [-0.25, -0.2) is 0 Å². The smallest absolute Gasteiger partial charge is 0.136 e. The van der Waals surface area contributed by atoms with E-state index in [1.807, 2.05) is 0 Å². The van der Waals surface area contributed by atoms with Crippen LogP contribution in [0.2, 0.25) is 0 Å². The summed E-state index contributed by atoms with van der Waals surface area (Å²) in [6.07, 6.45) is 15.2. The highest BCUT2D eigenvalue weighted by atomic mass is 16.1. The summed E-state index contributed by atoms with van der Waals surface area (Å²) in [4.78, 5) is 24.1. The molecule has 0 aliphatic heterocycles. The number of rotatable bonds is 1. The van der Waals surface area contributed by atoms with Crippen LogP contribution in [-0.4, -0.2) is 11.6 Å². The zero-order valence-electron chi connectivity index (χ0n) is 12.9. The Balaban J connectivity index is 1.97. The van der Waals surface area contributed by atoms with E-state index < -0.39 is 0 Å². The highest BCUT2D eigenvalue weighted by molar-refractivity contribution is 5.83. The molecule has 0 N–H and O–H groups in total. The van der Waals surface area contributed by atoms with Gasteiger partial charge in [-0.2, -0.15) is 0 Å². The van der Waals surface area contributed by atoms with Crippen LogP contribution in [0.25, 0.3) is 0 Å². The van der Waals surface area contributed by atoms with Crippen LogP contribution in [0.15, 0.2) is 0 Å². The number of hydrogen-bond acceptors (Lipinski definition) is 2. The van der Waals surface area contributed by atoms with Gasteiger partial charge in [0.2, 0.25) is 0 Å². The van der Waals surface area contributed by atoms with Gasteiger partial charge in [0.15, 0.2) is 0 Å². The molecule has 0 radical (unpaired) electrons. The van der Waals surface area contributed by atoms with E-state index in [1.54, 1.807) is 0 Å². The molecule has 0 aromatic heterocycles. The number of Topliss-reactive ketones (excluding diaryl/α,β-unsaturated/α-hetero) is 2. The summed E-state index contributed by atoms with van der Waals surface area (Å²) in [7, 11) is 0. The van der Waals surface area contributed by atoms with E-state index in [0.29, 0.717) is 36.7 Å². The van der Waals surface area contributed by atoms with Crippen molar-refractivity contribution >= 4 is 11.6 Å².